The molecule has 2 aliphatic rings. The standard InChI is InChI=1S/C33H36F3NO2/c1-2-39-33-30(35)19-26(20-31(33)36)28-6-3-5-25-18-27(38)11-12-29(25)32(28)24-9-7-22(8-10-24)17-23-13-16-37(21-23)15-4-14-34/h7-12,18-20,23,38H,2-6,13-17,21H2,1H3/t23-/m1/s1. The lowest BCUT2D eigenvalue weighted by Gasteiger charge is -2.18. The van der Waals surface area contributed by atoms with Gasteiger partial charge in [-0.05, 0) is 121 Å². The third-order valence-electron chi connectivity index (χ3n) is 7.91. The minimum absolute atomic E-state index is 0.181. The number of rotatable bonds is 9. The zero-order chi connectivity index (χ0) is 27.4. The van der Waals surface area contributed by atoms with Gasteiger partial charge in [0.1, 0.15) is 5.75 Å². The molecule has 5 rings (SSSR count). The summed E-state index contributed by atoms with van der Waals surface area (Å²) >= 11 is 0. The van der Waals surface area contributed by atoms with Crippen molar-refractivity contribution >= 4 is 11.1 Å². The third-order valence-corrected chi connectivity index (χ3v) is 7.91. The summed E-state index contributed by atoms with van der Waals surface area (Å²) in [4.78, 5) is 2.35. The van der Waals surface area contributed by atoms with E-state index in [-0.39, 0.29) is 24.8 Å². The molecule has 1 fully saturated rings. The van der Waals surface area contributed by atoms with Crippen molar-refractivity contribution in [2.24, 2.45) is 5.92 Å². The Hall–Kier alpha value is -3.25. The molecule has 0 spiro atoms. The maximum Gasteiger partial charge on any atom is 0.190 e. The lowest BCUT2D eigenvalue weighted by Crippen LogP contribution is -2.22. The van der Waals surface area contributed by atoms with E-state index < -0.39 is 11.6 Å². The summed E-state index contributed by atoms with van der Waals surface area (Å²) in [7, 11) is 0. The van der Waals surface area contributed by atoms with E-state index in [1.165, 1.54) is 17.7 Å². The molecule has 206 valence electrons. The SMILES string of the molecule is CCOc1c(F)cc(C2=C(c3ccc(C[C@H]4CCN(CCCF)C4)cc3)c3ccc(O)cc3CCC2)cc1F. The second-order valence-corrected chi connectivity index (χ2v) is 10.6. The van der Waals surface area contributed by atoms with Crippen molar-refractivity contribution in [1.82, 2.24) is 4.90 Å². The third kappa shape index (κ3) is 6.17. The van der Waals surface area contributed by atoms with Crippen LogP contribution < -0.4 is 4.74 Å². The lowest BCUT2D eigenvalue weighted by molar-refractivity contribution is 0.301. The van der Waals surface area contributed by atoms with Crippen LogP contribution in [-0.4, -0.2) is 42.9 Å². The Morgan fingerprint density at radius 3 is 2.46 bits per heavy atom. The molecule has 0 bridgehead atoms. The van der Waals surface area contributed by atoms with Crippen LogP contribution in [0.15, 0.2) is 54.6 Å². The summed E-state index contributed by atoms with van der Waals surface area (Å²) in [6, 6.07) is 16.6. The number of alkyl halides is 1. The summed E-state index contributed by atoms with van der Waals surface area (Å²) in [6.07, 6.45) is 4.89. The van der Waals surface area contributed by atoms with Gasteiger partial charge in [-0.15, -0.1) is 0 Å². The van der Waals surface area contributed by atoms with E-state index in [0.717, 1.165) is 73.2 Å². The zero-order valence-electron chi connectivity index (χ0n) is 22.5. The highest BCUT2D eigenvalue weighted by Gasteiger charge is 2.24. The molecule has 0 aromatic heterocycles. The van der Waals surface area contributed by atoms with Crippen molar-refractivity contribution in [3.05, 3.63) is 94.0 Å². The van der Waals surface area contributed by atoms with E-state index in [1.807, 2.05) is 6.07 Å². The monoisotopic (exact) mass is 535 g/mol. The number of hydrogen-bond acceptors (Lipinski definition) is 3. The van der Waals surface area contributed by atoms with Crippen LogP contribution in [-0.2, 0) is 12.8 Å². The predicted molar refractivity (Wildman–Crippen MR) is 150 cm³/mol. The number of aromatic hydroxyl groups is 1. The maximum atomic E-state index is 14.9. The number of phenols is 1. The van der Waals surface area contributed by atoms with Crippen LogP contribution in [0.25, 0.3) is 11.1 Å². The predicted octanol–water partition coefficient (Wildman–Crippen LogP) is 7.59. The van der Waals surface area contributed by atoms with Gasteiger partial charge < -0.3 is 14.7 Å². The minimum Gasteiger partial charge on any atom is -0.508 e. The van der Waals surface area contributed by atoms with Crippen LogP contribution in [0.3, 0.4) is 0 Å². The molecule has 3 nitrogen and oxygen atoms in total. The Labute approximate surface area is 228 Å². The van der Waals surface area contributed by atoms with E-state index in [0.29, 0.717) is 24.3 Å². The second-order valence-electron chi connectivity index (χ2n) is 10.6. The summed E-state index contributed by atoms with van der Waals surface area (Å²) in [5.41, 5.74) is 6.55. The molecule has 0 unspecified atom stereocenters. The molecule has 0 saturated carbocycles. The molecule has 6 heteroatoms. The molecule has 1 atom stereocenters. The van der Waals surface area contributed by atoms with Crippen LogP contribution in [0.4, 0.5) is 13.2 Å². The number of hydrogen-bond donors (Lipinski definition) is 1. The Morgan fingerprint density at radius 2 is 1.74 bits per heavy atom. The van der Waals surface area contributed by atoms with Gasteiger partial charge in [-0.2, -0.15) is 0 Å². The van der Waals surface area contributed by atoms with Crippen LogP contribution in [0.5, 0.6) is 11.5 Å². The molecule has 1 aliphatic carbocycles. The molecule has 1 N–H and O–H groups in total. The fourth-order valence-corrected chi connectivity index (χ4v) is 6.12. The summed E-state index contributed by atoms with van der Waals surface area (Å²) in [5.74, 6) is -0.992. The van der Waals surface area contributed by atoms with E-state index in [4.69, 9.17) is 4.74 Å². The number of benzene rings is 3. The first kappa shape index (κ1) is 27.3. The van der Waals surface area contributed by atoms with Crippen molar-refractivity contribution in [1.29, 1.82) is 0 Å². The van der Waals surface area contributed by atoms with Crippen LogP contribution in [0, 0.1) is 17.6 Å². The molecule has 1 heterocycles. The number of halogens is 3. The molecule has 1 saturated heterocycles. The van der Waals surface area contributed by atoms with Crippen molar-refractivity contribution in [3.8, 4) is 11.5 Å². The average Bonchev–Trinajstić information content (AvgIpc) is 3.28. The molecule has 0 amide bonds. The Balaban J connectivity index is 1.51. The lowest BCUT2D eigenvalue weighted by atomic mass is 9.87. The van der Waals surface area contributed by atoms with Gasteiger partial charge in [-0.25, -0.2) is 8.78 Å². The fourth-order valence-electron chi connectivity index (χ4n) is 6.12. The van der Waals surface area contributed by atoms with E-state index in [9.17, 15) is 18.3 Å². The number of phenolic OH excluding ortho intramolecular Hbond substituents is 1. The zero-order valence-corrected chi connectivity index (χ0v) is 22.5. The van der Waals surface area contributed by atoms with Crippen molar-refractivity contribution in [2.45, 2.75) is 45.4 Å². The van der Waals surface area contributed by atoms with Gasteiger partial charge in [0.05, 0.1) is 13.3 Å². The summed E-state index contributed by atoms with van der Waals surface area (Å²) < 4.78 is 47.6. The molecular weight excluding hydrogens is 499 g/mol. The molecule has 0 radical (unpaired) electrons. The first-order chi connectivity index (χ1) is 19.0. The Morgan fingerprint density at radius 1 is 0.974 bits per heavy atom. The van der Waals surface area contributed by atoms with E-state index >= 15 is 0 Å². The topological polar surface area (TPSA) is 32.7 Å². The Bertz CT molecular complexity index is 1310. The molecule has 39 heavy (non-hydrogen) atoms. The highest BCUT2D eigenvalue weighted by atomic mass is 19.1. The van der Waals surface area contributed by atoms with Crippen LogP contribution in [0.1, 0.15) is 60.4 Å². The summed E-state index contributed by atoms with van der Waals surface area (Å²) in [5, 5.41) is 10.2. The van der Waals surface area contributed by atoms with E-state index in [2.05, 4.69) is 29.2 Å². The first-order valence-electron chi connectivity index (χ1n) is 14.0. The van der Waals surface area contributed by atoms with Crippen LogP contribution >= 0.6 is 0 Å². The second kappa shape index (κ2) is 12.3. The minimum atomic E-state index is -0.707. The normalized spacial score (nSPS) is 17.8. The van der Waals surface area contributed by atoms with Crippen molar-refractivity contribution in [2.75, 3.05) is 32.9 Å². The smallest absolute Gasteiger partial charge is 0.190 e. The van der Waals surface area contributed by atoms with Gasteiger partial charge >= 0.3 is 0 Å². The molecule has 3 aromatic carbocycles. The number of allylic oxidation sites excluding steroid dienone is 1. The quantitative estimate of drug-likeness (QED) is 0.306. The number of aryl methyl sites for hydroxylation is 1. The Kier molecular flexibility index (Phi) is 8.61. The van der Waals surface area contributed by atoms with Crippen LogP contribution in [0.2, 0.25) is 0 Å². The van der Waals surface area contributed by atoms with Gasteiger partial charge in [0.25, 0.3) is 0 Å². The van der Waals surface area contributed by atoms with Gasteiger partial charge in [-0.3, -0.25) is 4.39 Å². The van der Waals surface area contributed by atoms with E-state index in [1.54, 1.807) is 19.1 Å². The highest BCUT2D eigenvalue weighted by molar-refractivity contribution is 6.00. The largest absolute Gasteiger partial charge is 0.508 e. The molecule has 3 aromatic rings. The van der Waals surface area contributed by atoms with Gasteiger partial charge in [-0.1, -0.05) is 30.3 Å². The average molecular weight is 536 g/mol. The van der Waals surface area contributed by atoms with Gasteiger partial charge in [0.15, 0.2) is 17.4 Å². The van der Waals surface area contributed by atoms with Crippen molar-refractivity contribution in [3.63, 3.8) is 0 Å². The fraction of sp³-hybridized carbons (Fsp3) is 0.394. The summed E-state index contributed by atoms with van der Waals surface area (Å²) in [6.45, 7) is 4.47. The molecular formula is C33H36F3NO2. The number of fused-ring (bicyclic) bond motifs is 1. The first-order valence-corrected chi connectivity index (χ1v) is 14.0. The number of ether oxygens (including phenoxy) is 1. The number of nitrogens with zero attached hydrogens (tertiary/aromatic N) is 1. The molecule has 1 aliphatic heterocycles. The maximum absolute atomic E-state index is 14.9. The number of likely N-dealkylation sites (tertiary alicyclic amines) is 1. The highest BCUT2D eigenvalue weighted by Crippen LogP contribution is 2.42. The van der Waals surface area contributed by atoms with Crippen molar-refractivity contribution < 1.29 is 23.0 Å². The van der Waals surface area contributed by atoms with Gasteiger partial charge in [0, 0.05) is 13.1 Å². The van der Waals surface area contributed by atoms with Gasteiger partial charge in [0.2, 0.25) is 0 Å².